The van der Waals surface area contributed by atoms with Crippen LogP contribution in [0.25, 0.3) is 0 Å². The highest BCUT2D eigenvalue weighted by Gasteiger charge is 2.16. The largest absolute Gasteiger partial charge is 0.383 e. The molecule has 1 heterocycles. The summed E-state index contributed by atoms with van der Waals surface area (Å²) in [4.78, 5) is 11.6. The van der Waals surface area contributed by atoms with E-state index in [-0.39, 0.29) is 11.7 Å². The van der Waals surface area contributed by atoms with Gasteiger partial charge in [0, 0.05) is 19.9 Å². The van der Waals surface area contributed by atoms with Gasteiger partial charge in [0.25, 0.3) is 0 Å². The highest BCUT2D eigenvalue weighted by atomic mass is 35.5. The Morgan fingerprint density at radius 2 is 2.50 bits per heavy atom. The second-order valence-electron chi connectivity index (χ2n) is 3.30. The van der Waals surface area contributed by atoms with E-state index >= 15 is 0 Å². The Labute approximate surface area is 98.7 Å². The maximum absolute atomic E-state index is 11.6. The van der Waals surface area contributed by atoms with E-state index in [0.717, 1.165) is 0 Å². The Hall–Kier alpha value is -1.27. The quantitative estimate of drug-likeness (QED) is 0.739. The molecule has 0 saturated heterocycles. The first kappa shape index (κ1) is 12.8. The Morgan fingerprint density at radius 3 is 3.00 bits per heavy atom. The molecule has 3 N–H and O–H groups in total. The number of hydrogen-bond donors (Lipinski definition) is 2. The van der Waals surface area contributed by atoms with Gasteiger partial charge in [0.1, 0.15) is 11.1 Å². The molecule has 1 aromatic heterocycles. The Balaban J connectivity index is 2.56. The number of rotatable bonds is 5. The van der Waals surface area contributed by atoms with E-state index in [9.17, 15) is 4.79 Å². The van der Waals surface area contributed by atoms with E-state index in [1.807, 2.05) is 0 Å². The molecule has 1 atom stereocenters. The van der Waals surface area contributed by atoms with E-state index in [1.165, 1.54) is 10.9 Å². The van der Waals surface area contributed by atoms with E-state index in [4.69, 9.17) is 22.1 Å². The number of nitrogens with two attached hydrogens (primary N) is 1. The van der Waals surface area contributed by atoms with Crippen molar-refractivity contribution in [3.05, 3.63) is 11.2 Å². The molecule has 0 aliphatic heterocycles. The van der Waals surface area contributed by atoms with Gasteiger partial charge in [0.2, 0.25) is 5.91 Å². The summed E-state index contributed by atoms with van der Waals surface area (Å²) >= 11 is 5.74. The zero-order chi connectivity index (χ0) is 12.1. The first-order valence-electron chi connectivity index (χ1n) is 4.83. The van der Waals surface area contributed by atoms with Crippen molar-refractivity contribution in [2.24, 2.45) is 0 Å². The molecule has 1 aromatic rings. The van der Waals surface area contributed by atoms with Gasteiger partial charge in [-0.25, -0.2) is 0 Å². The zero-order valence-corrected chi connectivity index (χ0v) is 9.99. The van der Waals surface area contributed by atoms with Crippen molar-refractivity contribution in [1.29, 1.82) is 0 Å². The number of halogens is 1. The summed E-state index contributed by atoms with van der Waals surface area (Å²) in [6.45, 7) is 2.65. The molecule has 1 unspecified atom stereocenters. The molecule has 0 saturated carbocycles. The van der Waals surface area contributed by atoms with Gasteiger partial charge in [0.15, 0.2) is 5.82 Å². The number of anilines is 1. The molecule has 16 heavy (non-hydrogen) atoms. The fraction of sp³-hybridized carbons (Fsp3) is 0.556. The van der Waals surface area contributed by atoms with E-state index in [1.54, 1.807) is 14.0 Å². The van der Waals surface area contributed by atoms with Gasteiger partial charge in [-0.2, -0.15) is 5.10 Å². The number of hydrogen-bond acceptors (Lipinski definition) is 4. The number of methoxy groups -OCH3 is 1. The van der Waals surface area contributed by atoms with Crippen LogP contribution in [0, 0.1) is 0 Å². The van der Waals surface area contributed by atoms with Gasteiger partial charge in [-0.1, -0.05) is 11.6 Å². The minimum Gasteiger partial charge on any atom is -0.383 e. The maximum atomic E-state index is 11.6. The average molecular weight is 247 g/mol. The summed E-state index contributed by atoms with van der Waals surface area (Å²) in [6.07, 6.45) is 1.53. The van der Waals surface area contributed by atoms with Crippen molar-refractivity contribution >= 4 is 23.3 Å². The van der Waals surface area contributed by atoms with Crippen molar-refractivity contribution in [3.63, 3.8) is 0 Å². The Kier molecular flexibility index (Phi) is 4.57. The molecule has 90 valence electrons. The molecule has 0 spiro atoms. The fourth-order valence-electron chi connectivity index (χ4n) is 1.13. The molecule has 0 fully saturated rings. The molecule has 0 bridgehead atoms. The van der Waals surface area contributed by atoms with Crippen molar-refractivity contribution in [2.75, 3.05) is 26.0 Å². The first-order chi connectivity index (χ1) is 7.56. The summed E-state index contributed by atoms with van der Waals surface area (Å²) in [7, 11) is 1.57. The van der Waals surface area contributed by atoms with Crippen molar-refractivity contribution in [3.8, 4) is 0 Å². The third-order valence-electron chi connectivity index (χ3n) is 2.10. The van der Waals surface area contributed by atoms with Gasteiger partial charge in [-0.15, -0.1) is 0 Å². The summed E-state index contributed by atoms with van der Waals surface area (Å²) in [5.74, 6) is 0.0643. The van der Waals surface area contributed by atoms with E-state index in [0.29, 0.717) is 18.2 Å². The van der Waals surface area contributed by atoms with Gasteiger partial charge in [0.05, 0.1) is 6.61 Å². The van der Waals surface area contributed by atoms with Gasteiger partial charge in [-0.05, 0) is 6.92 Å². The van der Waals surface area contributed by atoms with Gasteiger partial charge < -0.3 is 15.8 Å². The Bertz CT molecular complexity index is 347. The molecule has 0 radical (unpaired) electrons. The first-order valence-corrected chi connectivity index (χ1v) is 5.20. The third-order valence-corrected chi connectivity index (χ3v) is 2.39. The van der Waals surface area contributed by atoms with Gasteiger partial charge >= 0.3 is 0 Å². The fourth-order valence-corrected chi connectivity index (χ4v) is 1.26. The van der Waals surface area contributed by atoms with E-state index in [2.05, 4.69) is 10.4 Å². The minimum atomic E-state index is -0.452. The molecule has 6 nitrogen and oxygen atoms in total. The van der Waals surface area contributed by atoms with Crippen LogP contribution in [0.5, 0.6) is 0 Å². The second-order valence-corrected chi connectivity index (χ2v) is 3.71. The zero-order valence-electron chi connectivity index (χ0n) is 9.24. The number of nitrogens with zero attached hydrogens (tertiary/aromatic N) is 2. The predicted molar refractivity (Wildman–Crippen MR) is 61.2 cm³/mol. The standard InChI is InChI=1S/C9H15ClN4O2/c1-6(9(15)12-3-4-16-2)14-5-7(10)8(11)13-14/h5-6H,3-4H2,1-2H3,(H2,11,13)(H,12,15). The lowest BCUT2D eigenvalue weighted by Crippen LogP contribution is -2.33. The van der Waals surface area contributed by atoms with E-state index < -0.39 is 6.04 Å². The lowest BCUT2D eigenvalue weighted by Gasteiger charge is -2.11. The highest BCUT2D eigenvalue weighted by Crippen LogP contribution is 2.18. The van der Waals surface area contributed by atoms with Crippen LogP contribution in [0.3, 0.4) is 0 Å². The van der Waals surface area contributed by atoms with Crippen LogP contribution in [0.4, 0.5) is 5.82 Å². The number of amides is 1. The number of ether oxygens (including phenoxy) is 1. The summed E-state index contributed by atoms with van der Waals surface area (Å²) in [5, 5.41) is 6.98. The number of nitrogens with one attached hydrogen (secondary N) is 1. The van der Waals surface area contributed by atoms with Crippen LogP contribution < -0.4 is 11.1 Å². The van der Waals surface area contributed by atoms with Crippen LogP contribution in [-0.2, 0) is 9.53 Å². The normalized spacial score (nSPS) is 12.4. The molecule has 0 aromatic carbocycles. The topological polar surface area (TPSA) is 82.2 Å². The summed E-state index contributed by atoms with van der Waals surface area (Å²) in [6, 6.07) is -0.452. The molecular weight excluding hydrogens is 232 g/mol. The molecular formula is C9H15ClN4O2. The summed E-state index contributed by atoms with van der Waals surface area (Å²) < 4.78 is 6.25. The molecule has 0 aliphatic carbocycles. The maximum Gasteiger partial charge on any atom is 0.244 e. The monoisotopic (exact) mass is 246 g/mol. The Morgan fingerprint density at radius 1 is 1.81 bits per heavy atom. The average Bonchev–Trinajstić information content (AvgIpc) is 2.58. The van der Waals surface area contributed by atoms with Crippen LogP contribution in [0.2, 0.25) is 5.02 Å². The number of carbonyl (C=O) groups excluding carboxylic acids is 1. The summed E-state index contributed by atoms with van der Waals surface area (Å²) in [5.41, 5.74) is 5.48. The SMILES string of the molecule is COCCNC(=O)C(C)n1cc(Cl)c(N)n1. The van der Waals surface area contributed by atoms with Crippen molar-refractivity contribution < 1.29 is 9.53 Å². The lowest BCUT2D eigenvalue weighted by atomic mass is 10.3. The lowest BCUT2D eigenvalue weighted by molar-refractivity contribution is -0.124. The predicted octanol–water partition coefficient (Wildman–Crippen LogP) is 0.442. The minimum absolute atomic E-state index is 0.156. The highest BCUT2D eigenvalue weighted by molar-refractivity contribution is 6.32. The van der Waals surface area contributed by atoms with Crippen LogP contribution in [-0.4, -0.2) is 35.9 Å². The van der Waals surface area contributed by atoms with Crippen LogP contribution in [0.15, 0.2) is 6.20 Å². The molecule has 1 amide bonds. The van der Waals surface area contributed by atoms with Crippen molar-refractivity contribution in [1.82, 2.24) is 15.1 Å². The number of carbonyl (C=O) groups is 1. The van der Waals surface area contributed by atoms with Gasteiger partial charge in [-0.3, -0.25) is 9.48 Å². The number of nitrogen functional groups attached to an aromatic ring is 1. The van der Waals surface area contributed by atoms with Crippen LogP contribution >= 0.6 is 11.6 Å². The molecule has 7 heteroatoms. The second kappa shape index (κ2) is 5.72. The smallest absolute Gasteiger partial charge is 0.244 e. The van der Waals surface area contributed by atoms with Crippen molar-refractivity contribution in [2.45, 2.75) is 13.0 Å². The third kappa shape index (κ3) is 3.11. The van der Waals surface area contributed by atoms with Crippen LogP contribution in [0.1, 0.15) is 13.0 Å². The molecule has 1 rings (SSSR count). The number of aromatic nitrogens is 2. The molecule has 0 aliphatic rings.